The van der Waals surface area contributed by atoms with E-state index in [1.54, 1.807) is 6.07 Å². The van der Waals surface area contributed by atoms with Gasteiger partial charge >= 0.3 is 0 Å². The molecule has 1 unspecified atom stereocenters. The van der Waals surface area contributed by atoms with E-state index in [2.05, 4.69) is 15.9 Å². The first-order chi connectivity index (χ1) is 7.99. The van der Waals surface area contributed by atoms with Crippen LogP contribution in [0.25, 0.3) is 0 Å². The first-order valence-electron chi connectivity index (χ1n) is 4.88. The zero-order chi connectivity index (χ0) is 12.6. The second kappa shape index (κ2) is 5.06. The van der Waals surface area contributed by atoms with Crippen LogP contribution in [0, 0.1) is 12.7 Å². The summed E-state index contributed by atoms with van der Waals surface area (Å²) in [6.45, 7) is 1.94. The second-order valence-electron chi connectivity index (χ2n) is 3.68. The van der Waals surface area contributed by atoms with Crippen LogP contribution in [0.15, 0.2) is 28.1 Å². The highest BCUT2D eigenvalue weighted by Gasteiger charge is 2.15. The Hall–Kier alpha value is -0.420. The molecule has 17 heavy (non-hydrogen) atoms. The highest BCUT2D eigenvalue weighted by molar-refractivity contribution is 9.11. The summed E-state index contributed by atoms with van der Waals surface area (Å²) in [5.74, 6) is -0.518. The van der Waals surface area contributed by atoms with Gasteiger partial charge in [-0.15, -0.1) is 11.3 Å². The van der Waals surface area contributed by atoms with Crippen LogP contribution < -0.4 is 0 Å². The minimum absolute atomic E-state index is 0.0597. The lowest BCUT2D eigenvalue weighted by Gasteiger charge is -2.09. The molecule has 1 N–H and O–H groups in total. The van der Waals surface area contributed by atoms with Crippen LogP contribution in [-0.2, 0) is 0 Å². The summed E-state index contributed by atoms with van der Waals surface area (Å²) >= 11 is 10.4. The van der Waals surface area contributed by atoms with Gasteiger partial charge in [0.05, 0.1) is 8.81 Å². The van der Waals surface area contributed by atoms with Gasteiger partial charge in [-0.2, -0.15) is 0 Å². The summed E-state index contributed by atoms with van der Waals surface area (Å²) in [7, 11) is 0. The van der Waals surface area contributed by atoms with Crippen molar-refractivity contribution in [1.29, 1.82) is 0 Å². The fourth-order valence-electron chi connectivity index (χ4n) is 1.47. The van der Waals surface area contributed by atoms with E-state index in [4.69, 9.17) is 11.6 Å². The standard InChI is InChI=1S/C12H9BrClFOS/c1-6-4-10(17-12(6)13)11(16)7-2-3-8(14)9(15)5-7/h2-5,11,16H,1H3. The fraction of sp³-hybridized carbons (Fsp3) is 0.167. The van der Waals surface area contributed by atoms with E-state index in [1.165, 1.54) is 23.5 Å². The molecule has 5 heteroatoms. The minimum Gasteiger partial charge on any atom is -0.383 e. The van der Waals surface area contributed by atoms with Gasteiger partial charge in [0.25, 0.3) is 0 Å². The number of aliphatic hydroxyl groups excluding tert-OH is 1. The van der Waals surface area contributed by atoms with Crippen molar-refractivity contribution in [2.45, 2.75) is 13.0 Å². The molecule has 1 atom stereocenters. The monoisotopic (exact) mass is 334 g/mol. The lowest BCUT2D eigenvalue weighted by atomic mass is 10.1. The molecule has 2 rings (SSSR count). The van der Waals surface area contributed by atoms with Crippen LogP contribution >= 0.6 is 38.9 Å². The molecule has 0 saturated carbocycles. The van der Waals surface area contributed by atoms with E-state index in [-0.39, 0.29) is 5.02 Å². The van der Waals surface area contributed by atoms with E-state index in [9.17, 15) is 9.50 Å². The molecular weight excluding hydrogens is 327 g/mol. The predicted octanol–water partition coefficient (Wildman–Crippen LogP) is 4.69. The predicted molar refractivity (Wildman–Crippen MR) is 72.2 cm³/mol. The fourth-order valence-corrected chi connectivity index (χ4v) is 3.17. The maximum absolute atomic E-state index is 13.3. The normalized spacial score (nSPS) is 12.8. The lowest BCUT2D eigenvalue weighted by molar-refractivity contribution is 0.223. The summed E-state index contributed by atoms with van der Waals surface area (Å²) in [5, 5.41) is 10.2. The van der Waals surface area contributed by atoms with E-state index in [0.29, 0.717) is 5.56 Å². The molecule has 1 nitrogen and oxygen atoms in total. The number of aryl methyl sites for hydroxylation is 1. The van der Waals surface area contributed by atoms with Gasteiger partial charge in [-0.25, -0.2) is 4.39 Å². The van der Waals surface area contributed by atoms with Crippen molar-refractivity contribution in [3.63, 3.8) is 0 Å². The number of thiophene rings is 1. The molecule has 0 spiro atoms. The first kappa shape index (κ1) is 13.0. The Balaban J connectivity index is 2.36. The molecule has 90 valence electrons. The molecule has 0 aliphatic heterocycles. The Morgan fingerprint density at radius 1 is 1.41 bits per heavy atom. The van der Waals surface area contributed by atoms with Crippen LogP contribution in [0.2, 0.25) is 5.02 Å². The number of benzene rings is 1. The molecule has 0 aliphatic carbocycles. The third-order valence-corrected chi connectivity index (χ3v) is 4.90. The third kappa shape index (κ3) is 2.71. The zero-order valence-electron chi connectivity index (χ0n) is 8.88. The van der Waals surface area contributed by atoms with Crippen molar-refractivity contribution in [3.05, 3.63) is 54.9 Å². The van der Waals surface area contributed by atoms with E-state index in [1.807, 2.05) is 13.0 Å². The molecule has 0 saturated heterocycles. The quantitative estimate of drug-likeness (QED) is 0.844. The van der Waals surface area contributed by atoms with Gasteiger partial charge in [-0.1, -0.05) is 17.7 Å². The number of hydrogen-bond acceptors (Lipinski definition) is 2. The molecule has 0 aliphatic rings. The summed E-state index contributed by atoms with van der Waals surface area (Å²) < 4.78 is 14.3. The maximum atomic E-state index is 13.3. The molecule has 1 aromatic carbocycles. The van der Waals surface area contributed by atoms with Crippen LogP contribution in [0.3, 0.4) is 0 Å². The van der Waals surface area contributed by atoms with Crippen molar-refractivity contribution < 1.29 is 9.50 Å². The van der Waals surface area contributed by atoms with Gasteiger partial charge in [0, 0.05) is 4.88 Å². The highest BCUT2D eigenvalue weighted by Crippen LogP contribution is 2.34. The van der Waals surface area contributed by atoms with Crippen LogP contribution in [-0.4, -0.2) is 5.11 Å². The number of aliphatic hydroxyl groups is 1. The van der Waals surface area contributed by atoms with Gasteiger partial charge in [-0.3, -0.25) is 0 Å². The van der Waals surface area contributed by atoms with Crippen LogP contribution in [0.4, 0.5) is 4.39 Å². The summed E-state index contributed by atoms with van der Waals surface area (Å²) in [6.07, 6.45) is -0.822. The Morgan fingerprint density at radius 2 is 2.12 bits per heavy atom. The van der Waals surface area contributed by atoms with Gasteiger partial charge in [0.15, 0.2) is 0 Å². The zero-order valence-corrected chi connectivity index (χ0v) is 12.0. The van der Waals surface area contributed by atoms with Crippen molar-refractivity contribution in [3.8, 4) is 0 Å². The highest BCUT2D eigenvalue weighted by atomic mass is 79.9. The SMILES string of the molecule is Cc1cc(C(O)c2ccc(Cl)c(F)c2)sc1Br. The molecule has 0 radical (unpaired) electrons. The number of rotatable bonds is 2. The van der Waals surface area contributed by atoms with Gasteiger partial charge in [-0.05, 0) is 52.2 Å². The number of halogens is 3. The Labute approximate surface area is 116 Å². The Kier molecular flexibility index (Phi) is 3.88. The average molecular weight is 336 g/mol. The Morgan fingerprint density at radius 3 is 2.65 bits per heavy atom. The summed E-state index contributed by atoms with van der Waals surface area (Å²) in [4.78, 5) is 0.774. The summed E-state index contributed by atoms with van der Waals surface area (Å²) in [5.41, 5.74) is 1.55. The van der Waals surface area contributed by atoms with Gasteiger partial charge in [0.1, 0.15) is 11.9 Å². The lowest BCUT2D eigenvalue weighted by Crippen LogP contribution is -1.97. The summed E-state index contributed by atoms with van der Waals surface area (Å²) in [6, 6.07) is 6.21. The smallest absolute Gasteiger partial charge is 0.142 e. The molecule has 0 fully saturated rings. The maximum Gasteiger partial charge on any atom is 0.142 e. The molecule has 1 heterocycles. The van der Waals surface area contributed by atoms with Crippen molar-refractivity contribution in [2.75, 3.05) is 0 Å². The number of hydrogen-bond donors (Lipinski definition) is 1. The third-order valence-electron chi connectivity index (χ3n) is 2.41. The van der Waals surface area contributed by atoms with Crippen molar-refractivity contribution in [1.82, 2.24) is 0 Å². The van der Waals surface area contributed by atoms with E-state index in [0.717, 1.165) is 14.2 Å². The topological polar surface area (TPSA) is 20.2 Å². The van der Waals surface area contributed by atoms with E-state index < -0.39 is 11.9 Å². The van der Waals surface area contributed by atoms with Crippen LogP contribution in [0.5, 0.6) is 0 Å². The van der Waals surface area contributed by atoms with Crippen molar-refractivity contribution in [2.24, 2.45) is 0 Å². The molecule has 0 amide bonds. The first-order valence-corrected chi connectivity index (χ1v) is 6.86. The molecule has 2 aromatic rings. The van der Waals surface area contributed by atoms with Gasteiger partial charge < -0.3 is 5.11 Å². The minimum atomic E-state index is -0.822. The van der Waals surface area contributed by atoms with E-state index >= 15 is 0 Å². The second-order valence-corrected chi connectivity index (χ2v) is 6.49. The van der Waals surface area contributed by atoms with Gasteiger partial charge in [0.2, 0.25) is 0 Å². The largest absolute Gasteiger partial charge is 0.383 e. The van der Waals surface area contributed by atoms with Crippen molar-refractivity contribution >= 4 is 38.9 Å². The Bertz CT molecular complexity index is 536. The average Bonchev–Trinajstić information content (AvgIpc) is 2.62. The van der Waals surface area contributed by atoms with Crippen LogP contribution in [0.1, 0.15) is 22.1 Å². The molecule has 1 aromatic heterocycles. The molecular formula is C12H9BrClFOS. The molecule has 0 bridgehead atoms.